The molecular weight excluding hydrogens is 494 g/mol. The second-order valence-electron chi connectivity index (χ2n) is 9.79. The van der Waals surface area contributed by atoms with Gasteiger partial charge in [0.1, 0.15) is 11.5 Å². The predicted molar refractivity (Wildman–Crippen MR) is 150 cm³/mol. The first-order valence-electron chi connectivity index (χ1n) is 13.0. The standard InChI is InChI=1S/C32H33NO6/c1-6-39-26-16-13-22(18-25(26)19(2)3)30(35)28-29(24-10-8-7-9-20(24)4)33(32(37)31(28)36)23-14-11-21(12-15-23)17-27(34)38-5/h7-16,18-19,29,35H,6,17H2,1-5H3/b30-28+. The molecular formula is C32H33NO6. The van der Waals surface area contributed by atoms with E-state index in [4.69, 9.17) is 9.47 Å². The number of hydrogen-bond donors (Lipinski definition) is 1. The molecule has 0 aromatic heterocycles. The zero-order valence-corrected chi connectivity index (χ0v) is 22.9. The van der Waals surface area contributed by atoms with Crippen molar-refractivity contribution in [1.82, 2.24) is 0 Å². The van der Waals surface area contributed by atoms with Gasteiger partial charge in [-0.3, -0.25) is 19.3 Å². The van der Waals surface area contributed by atoms with Gasteiger partial charge < -0.3 is 14.6 Å². The normalized spacial score (nSPS) is 16.6. The third kappa shape index (κ3) is 5.43. The highest BCUT2D eigenvalue weighted by molar-refractivity contribution is 6.51. The fourth-order valence-electron chi connectivity index (χ4n) is 4.89. The third-order valence-corrected chi connectivity index (χ3v) is 6.92. The van der Waals surface area contributed by atoms with Gasteiger partial charge in [0.2, 0.25) is 0 Å². The number of esters is 1. The van der Waals surface area contributed by atoms with Crippen LogP contribution in [0.15, 0.2) is 72.3 Å². The molecule has 3 aromatic carbocycles. The lowest BCUT2D eigenvalue weighted by Crippen LogP contribution is -2.29. The molecule has 0 saturated carbocycles. The average molecular weight is 528 g/mol. The van der Waals surface area contributed by atoms with Crippen LogP contribution in [0.25, 0.3) is 5.76 Å². The van der Waals surface area contributed by atoms with E-state index < -0.39 is 17.7 Å². The van der Waals surface area contributed by atoms with Gasteiger partial charge in [-0.25, -0.2) is 0 Å². The quantitative estimate of drug-likeness (QED) is 0.171. The Labute approximate surface area is 228 Å². The first-order valence-corrected chi connectivity index (χ1v) is 13.0. The van der Waals surface area contributed by atoms with Gasteiger partial charge in [-0.05, 0) is 72.4 Å². The van der Waals surface area contributed by atoms with Crippen LogP contribution in [0.2, 0.25) is 0 Å². The zero-order valence-electron chi connectivity index (χ0n) is 22.9. The van der Waals surface area contributed by atoms with Gasteiger partial charge in [0.25, 0.3) is 11.7 Å². The number of amides is 1. The van der Waals surface area contributed by atoms with Crippen LogP contribution in [0.1, 0.15) is 60.5 Å². The molecule has 1 atom stereocenters. The molecule has 1 aliphatic rings. The first kappa shape index (κ1) is 27.6. The third-order valence-electron chi connectivity index (χ3n) is 6.92. The van der Waals surface area contributed by atoms with E-state index in [0.29, 0.717) is 29.2 Å². The second kappa shape index (κ2) is 11.6. The number of carbonyl (C=O) groups excluding carboxylic acids is 3. The first-order chi connectivity index (χ1) is 18.7. The number of methoxy groups -OCH3 is 1. The van der Waals surface area contributed by atoms with Crippen LogP contribution in [0.3, 0.4) is 0 Å². The van der Waals surface area contributed by atoms with Gasteiger partial charge in [0.15, 0.2) is 0 Å². The van der Waals surface area contributed by atoms with Crippen LogP contribution in [0.4, 0.5) is 5.69 Å². The summed E-state index contributed by atoms with van der Waals surface area (Å²) in [7, 11) is 1.33. The minimum absolute atomic E-state index is 0.0202. The summed E-state index contributed by atoms with van der Waals surface area (Å²) in [6, 6.07) is 18.8. The van der Waals surface area contributed by atoms with Gasteiger partial charge in [0, 0.05) is 11.3 Å². The van der Waals surface area contributed by atoms with Gasteiger partial charge >= 0.3 is 5.97 Å². The number of Topliss-reactive ketones (excluding diaryl/α,β-unsaturated/α-hetero) is 1. The highest BCUT2D eigenvalue weighted by Crippen LogP contribution is 2.43. The zero-order chi connectivity index (χ0) is 28.3. The Hall–Kier alpha value is -4.39. The number of ketones is 1. The van der Waals surface area contributed by atoms with Gasteiger partial charge in [-0.15, -0.1) is 0 Å². The van der Waals surface area contributed by atoms with Crippen LogP contribution in [0.5, 0.6) is 5.75 Å². The molecule has 1 aliphatic heterocycles. The number of rotatable bonds is 8. The van der Waals surface area contributed by atoms with Crippen LogP contribution in [-0.2, 0) is 25.5 Å². The molecule has 1 heterocycles. The summed E-state index contributed by atoms with van der Waals surface area (Å²) < 4.78 is 10.5. The monoisotopic (exact) mass is 527 g/mol. The largest absolute Gasteiger partial charge is 0.507 e. The summed E-state index contributed by atoms with van der Waals surface area (Å²) in [4.78, 5) is 40.2. The summed E-state index contributed by atoms with van der Waals surface area (Å²) >= 11 is 0. The summed E-state index contributed by atoms with van der Waals surface area (Å²) in [5, 5.41) is 11.6. The number of nitrogens with zero attached hydrogens (tertiary/aromatic N) is 1. The lowest BCUT2D eigenvalue weighted by atomic mass is 9.91. The Bertz CT molecular complexity index is 1440. The van der Waals surface area contributed by atoms with Crippen LogP contribution in [0, 0.1) is 6.92 Å². The molecule has 7 nitrogen and oxygen atoms in total. The molecule has 0 bridgehead atoms. The van der Waals surface area contributed by atoms with Gasteiger partial charge in [0.05, 0.1) is 31.8 Å². The SMILES string of the molecule is CCOc1ccc(/C(O)=C2\C(=O)C(=O)N(c3ccc(CC(=O)OC)cc3)C2c2ccccc2C)cc1C(C)C. The number of ether oxygens (including phenoxy) is 2. The molecule has 1 unspecified atom stereocenters. The number of carbonyl (C=O) groups is 3. The minimum Gasteiger partial charge on any atom is -0.507 e. The maximum atomic E-state index is 13.5. The van der Waals surface area contributed by atoms with Crippen molar-refractivity contribution in [2.24, 2.45) is 0 Å². The lowest BCUT2D eigenvalue weighted by molar-refractivity contribution is -0.139. The van der Waals surface area contributed by atoms with Gasteiger partial charge in [-0.1, -0.05) is 50.2 Å². The lowest BCUT2D eigenvalue weighted by Gasteiger charge is -2.27. The molecule has 0 spiro atoms. The number of anilines is 1. The summed E-state index contributed by atoms with van der Waals surface area (Å²) in [6.07, 6.45) is 0.0900. The molecule has 3 aromatic rings. The van der Waals surface area contributed by atoms with E-state index in [9.17, 15) is 19.5 Å². The Morgan fingerprint density at radius 3 is 2.33 bits per heavy atom. The van der Waals surface area contributed by atoms with Crippen molar-refractivity contribution in [3.63, 3.8) is 0 Å². The topological polar surface area (TPSA) is 93.1 Å². The average Bonchev–Trinajstić information content (AvgIpc) is 3.19. The Morgan fingerprint density at radius 2 is 1.72 bits per heavy atom. The fourth-order valence-corrected chi connectivity index (χ4v) is 4.89. The smallest absolute Gasteiger partial charge is 0.309 e. The molecule has 4 rings (SSSR count). The van der Waals surface area contributed by atoms with Crippen molar-refractivity contribution in [3.05, 3.63) is 100 Å². The maximum absolute atomic E-state index is 13.5. The number of benzene rings is 3. The number of hydrogen-bond acceptors (Lipinski definition) is 6. The number of aryl methyl sites for hydroxylation is 1. The Kier molecular flexibility index (Phi) is 8.19. The van der Waals surface area contributed by atoms with Crippen molar-refractivity contribution in [2.45, 2.75) is 46.1 Å². The Morgan fingerprint density at radius 1 is 1.03 bits per heavy atom. The van der Waals surface area contributed by atoms with E-state index in [-0.39, 0.29) is 29.6 Å². The van der Waals surface area contributed by atoms with Crippen LogP contribution in [-0.4, -0.2) is 36.5 Å². The van der Waals surface area contributed by atoms with E-state index in [1.807, 2.05) is 58.0 Å². The van der Waals surface area contributed by atoms with Crippen molar-refractivity contribution in [1.29, 1.82) is 0 Å². The molecule has 1 amide bonds. The highest BCUT2D eigenvalue weighted by atomic mass is 16.5. The molecule has 1 N–H and O–H groups in total. The second-order valence-corrected chi connectivity index (χ2v) is 9.79. The molecule has 0 aliphatic carbocycles. The van der Waals surface area contributed by atoms with E-state index in [1.54, 1.807) is 36.4 Å². The predicted octanol–water partition coefficient (Wildman–Crippen LogP) is 5.86. The molecule has 0 radical (unpaired) electrons. The van der Waals surface area contributed by atoms with E-state index in [2.05, 4.69) is 0 Å². The molecule has 1 fully saturated rings. The molecule has 39 heavy (non-hydrogen) atoms. The fraction of sp³-hybridized carbons (Fsp3) is 0.281. The Balaban J connectivity index is 1.88. The van der Waals surface area contributed by atoms with Crippen molar-refractivity contribution >= 4 is 29.1 Å². The van der Waals surface area contributed by atoms with Gasteiger partial charge in [-0.2, -0.15) is 0 Å². The van der Waals surface area contributed by atoms with Crippen LogP contribution >= 0.6 is 0 Å². The van der Waals surface area contributed by atoms with Crippen molar-refractivity contribution in [3.8, 4) is 5.75 Å². The van der Waals surface area contributed by atoms with E-state index >= 15 is 0 Å². The van der Waals surface area contributed by atoms with Crippen molar-refractivity contribution in [2.75, 3.05) is 18.6 Å². The summed E-state index contributed by atoms with van der Waals surface area (Å²) in [5.41, 5.74) is 4.14. The number of aliphatic hydroxyl groups is 1. The summed E-state index contributed by atoms with van der Waals surface area (Å²) in [5.74, 6) is -1.29. The number of aliphatic hydroxyl groups excluding tert-OH is 1. The maximum Gasteiger partial charge on any atom is 0.309 e. The highest BCUT2D eigenvalue weighted by Gasteiger charge is 2.47. The van der Waals surface area contributed by atoms with Crippen molar-refractivity contribution < 1.29 is 29.0 Å². The molecule has 7 heteroatoms. The molecule has 202 valence electrons. The summed E-state index contributed by atoms with van der Waals surface area (Å²) in [6.45, 7) is 8.36. The van der Waals surface area contributed by atoms with E-state index in [0.717, 1.165) is 16.7 Å². The molecule has 1 saturated heterocycles. The van der Waals surface area contributed by atoms with Crippen LogP contribution < -0.4 is 9.64 Å². The van der Waals surface area contributed by atoms with E-state index in [1.165, 1.54) is 12.0 Å². The minimum atomic E-state index is -0.841.